The Morgan fingerprint density at radius 1 is 0.762 bits per heavy atom. The summed E-state index contributed by atoms with van der Waals surface area (Å²) in [5.41, 5.74) is 0. The maximum Gasteiger partial charge on any atom is 0.0701 e. The molecule has 0 aromatic heterocycles. The fourth-order valence-electron chi connectivity index (χ4n) is 1.55. The molecule has 6 nitrogen and oxygen atoms in total. The predicted molar refractivity (Wildman–Crippen MR) is 82.9 cm³/mol. The molecule has 0 rings (SSSR count). The highest BCUT2D eigenvalue weighted by molar-refractivity contribution is 4.61. The Morgan fingerprint density at radius 2 is 1.29 bits per heavy atom. The molecule has 0 bridgehead atoms. The van der Waals surface area contributed by atoms with Crippen molar-refractivity contribution in [3.63, 3.8) is 0 Å². The summed E-state index contributed by atoms with van der Waals surface area (Å²) >= 11 is 0. The molecule has 0 saturated heterocycles. The summed E-state index contributed by atoms with van der Waals surface area (Å²) in [6, 6.07) is 0.228. The SMILES string of the molecule is CCCCOCCOCCOCCOCC(COC)NC. The minimum atomic E-state index is 0.228. The van der Waals surface area contributed by atoms with Crippen molar-refractivity contribution in [2.24, 2.45) is 0 Å². The molecular formula is C15H33NO5. The van der Waals surface area contributed by atoms with Gasteiger partial charge in [0.15, 0.2) is 0 Å². The van der Waals surface area contributed by atoms with Crippen molar-refractivity contribution < 1.29 is 23.7 Å². The van der Waals surface area contributed by atoms with Crippen LogP contribution in [0.5, 0.6) is 0 Å². The molecule has 0 amide bonds. The smallest absolute Gasteiger partial charge is 0.0701 e. The van der Waals surface area contributed by atoms with E-state index in [1.165, 1.54) is 0 Å². The van der Waals surface area contributed by atoms with E-state index in [1.54, 1.807) is 7.11 Å². The number of ether oxygens (including phenoxy) is 5. The van der Waals surface area contributed by atoms with Crippen LogP contribution in [0.15, 0.2) is 0 Å². The Bertz CT molecular complexity index is 195. The summed E-state index contributed by atoms with van der Waals surface area (Å²) in [5, 5.41) is 3.12. The highest BCUT2D eigenvalue weighted by atomic mass is 16.6. The minimum Gasteiger partial charge on any atom is -0.383 e. The van der Waals surface area contributed by atoms with Gasteiger partial charge in [-0.3, -0.25) is 0 Å². The number of likely N-dealkylation sites (N-methyl/N-ethyl adjacent to an activating group) is 1. The summed E-state index contributed by atoms with van der Waals surface area (Å²) in [6.45, 7) is 7.89. The molecule has 0 spiro atoms. The molecule has 0 fully saturated rings. The molecule has 0 radical (unpaired) electrons. The normalized spacial score (nSPS) is 12.7. The third-order valence-corrected chi connectivity index (χ3v) is 2.85. The topological polar surface area (TPSA) is 58.2 Å². The second-order valence-electron chi connectivity index (χ2n) is 4.71. The first-order valence-corrected chi connectivity index (χ1v) is 7.82. The standard InChI is InChI=1S/C15H33NO5/c1-4-5-6-18-7-8-19-9-10-20-11-12-21-14-15(16-2)13-17-3/h15-16H,4-14H2,1-3H3. The Kier molecular flexibility index (Phi) is 17.6. The molecule has 0 aromatic rings. The van der Waals surface area contributed by atoms with E-state index in [0.717, 1.165) is 19.4 Å². The van der Waals surface area contributed by atoms with Crippen LogP contribution in [0.1, 0.15) is 19.8 Å². The van der Waals surface area contributed by atoms with E-state index in [2.05, 4.69) is 12.2 Å². The Hall–Kier alpha value is -0.240. The van der Waals surface area contributed by atoms with Gasteiger partial charge in [0.1, 0.15) is 0 Å². The van der Waals surface area contributed by atoms with Gasteiger partial charge in [0, 0.05) is 13.7 Å². The van der Waals surface area contributed by atoms with Gasteiger partial charge in [-0.1, -0.05) is 13.3 Å². The lowest BCUT2D eigenvalue weighted by atomic mass is 10.3. The van der Waals surface area contributed by atoms with Crippen LogP contribution in [0, 0.1) is 0 Å². The molecule has 21 heavy (non-hydrogen) atoms. The van der Waals surface area contributed by atoms with Crippen molar-refractivity contribution in [2.75, 3.05) is 73.6 Å². The van der Waals surface area contributed by atoms with E-state index in [9.17, 15) is 0 Å². The van der Waals surface area contributed by atoms with Crippen molar-refractivity contribution in [3.8, 4) is 0 Å². The number of rotatable bonds is 17. The monoisotopic (exact) mass is 307 g/mol. The van der Waals surface area contributed by atoms with Gasteiger partial charge in [-0.05, 0) is 13.5 Å². The van der Waals surface area contributed by atoms with Crippen LogP contribution in [0.4, 0.5) is 0 Å². The molecule has 0 heterocycles. The van der Waals surface area contributed by atoms with Crippen LogP contribution >= 0.6 is 0 Å². The fraction of sp³-hybridized carbons (Fsp3) is 1.00. The van der Waals surface area contributed by atoms with E-state index >= 15 is 0 Å². The fourth-order valence-corrected chi connectivity index (χ4v) is 1.55. The summed E-state index contributed by atoms with van der Waals surface area (Å²) in [5.74, 6) is 0. The number of nitrogens with one attached hydrogen (secondary N) is 1. The molecule has 6 heteroatoms. The first kappa shape index (κ1) is 20.8. The number of unbranched alkanes of at least 4 members (excludes halogenated alkanes) is 1. The average Bonchev–Trinajstić information content (AvgIpc) is 2.50. The molecule has 0 saturated carbocycles. The van der Waals surface area contributed by atoms with Crippen LogP contribution in [-0.2, 0) is 23.7 Å². The van der Waals surface area contributed by atoms with Crippen molar-refractivity contribution in [1.82, 2.24) is 5.32 Å². The maximum absolute atomic E-state index is 5.49. The number of methoxy groups -OCH3 is 1. The van der Waals surface area contributed by atoms with Gasteiger partial charge in [-0.2, -0.15) is 0 Å². The third kappa shape index (κ3) is 16.0. The quantitative estimate of drug-likeness (QED) is 0.406. The molecule has 1 unspecified atom stereocenters. The first-order chi connectivity index (χ1) is 10.3. The van der Waals surface area contributed by atoms with Crippen molar-refractivity contribution >= 4 is 0 Å². The number of hydrogen-bond donors (Lipinski definition) is 1. The Morgan fingerprint density at radius 3 is 1.76 bits per heavy atom. The summed E-state index contributed by atoms with van der Waals surface area (Å²) in [6.07, 6.45) is 2.28. The maximum atomic E-state index is 5.49. The lowest BCUT2D eigenvalue weighted by molar-refractivity contribution is -0.00674. The van der Waals surface area contributed by atoms with E-state index in [1.807, 2.05) is 7.05 Å². The lowest BCUT2D eigenvalue weighted by Crippen LogP contribution is -2.35. The van der Waals surface area contributed by atoms with Gasteiger partial charge in [-0.15, -0.1) is 0 Å². The van der Waals surface area contributed by atoms with Crippen LogP contribution in [0.3, 0.4) is 0 Å². The number of hydrogen-bond acceptors (Lipinski definition) is 6. The third-order valence-electron chi connectivity index (χ3n) is 2.85. The Labute approximate surface area is 129 Å². The highest BCUT2D eigenvalue weighted by Crippen LogP contribution is 1.89. The second kappa shape index (κ2) is 17.8. The molecule has 128 valence electrons. The van der Waals surface area contributed by atoms with E-state index in [-0.39, 0.29) is 6.04 Å². The van der Waals surface area contributed by atoms with E-state index in [0.29, 0.717) is 52.9 Å². The zero-order chi connectivity index (χ0) is 15.6. The van der Waals surface area contributed by atoms with Crippen molar-refractivity contribution in [3.05, 3.63) is 0 Å². The summed E-state index contributed by atoms with van der Waals surface area (Å²) in [7, 11) is 3.58. The van der Waals surface area contributed by atoms with Crippen LogP contribution in [0.2, 0.25) is 0 Å². The molecule has 0 aliphatic heterocycles. The predicted octanol–water partition coefficient (Wildman–Crippen LogP) is 1.09. The van der Waals surface area contributed by atoms with Gasteiger partial charge >= 0.3 is 0 Å². The van der Waals surface area contributed by atoms with Gasteiger partial charge in [0.25, 0.3) is 0 Å². The molecule has 0 aromatic carbocycles. The minimum absolute atomic E-state index is 0.228. The highest BCUT2D eigenvalue weighted by Gasteiger charge is 2.04. The van der Waals surface area contributed by atoms with E-state index in [4.69, 9.17) is 23.7 Å². The average molecular weight is 307 g/mol. The second-order valence-corrected chi connectivity index (χ2v) is 4.71. The van der Waals surface area contributed by atoms with Gasteiger partial charge in [0.2, 0.25) is 0 Å². The summed E-state index contributed by atoms with van der Waals surface area (Å²) in [4.78, 5) is 0. The van der Waals surface area contributed by atoms with Crippen LogP contribution < -0.4 is 5.32 Å². The molecule has 0 aliphatic carbocycles. The van der Waals surface area contributed by atoms with Crippen molar-refractivity contribution in [1.29, 1.82) is 0 Å². The molecule has 1 N–H and O–H groups in total. The van der Waals surface area contributed by atoms with Crippen LogP contribution in [-0.4, -0.2) is 79.7 Å². The first-order valence-electron chi connectivity index (χ1n) is 7.82. The van der Waals surface area contributed by atoms with Gasteiger partial charge in [-0.25, -0.2) is 0 Å². The lowest BCUT2D eigenvalue weighted by Gasteiger charge is -2.15. The zero-order valence-corrected chi connectivity index (χ0v) is 13.9. The molecular weight excluding hydrogens is 274 g/mol. The van der Waals surface area contributed by atoms with E-state index < -0.39 is 0 Å². The largest absolute Gasteiger partial charge is 0.383 e. The molecule has 1 atom stereocenters. The summed E-state index contributed by atoms with van der Waals surface area (Å²) < 4.78 is 26.7. The van der Waals surface area contributed by atoms with Gasteiger partial charge < -0.3 is 29.0 Å². The van der Waals surface area contributed by atoms with Crippen LogP contribution in [0.25, 0.3) is 0 Å². The zero-order valence-electron chi connectivity index (χ0n) is 13.9. The van der Waals surface area contributed by atoms with Crippen molar-refractivity contribution in [2.45, 2.75) is 25.8 Å². The van der Waals surface area contributed by atoms with Gasteiger partial charge in [0.05, 0.1) is 58.9 Å². The molecule has 0 aliphatic rings. The Balaban J connectivity index is 3.08.